The smallest absolute Gasteiger partial charge is 0.0543 e. The number of nitrogen functional groups attached to an aromatic ring is 1. The van der Waals surface area contributed by atoms with E-state index in [1.807, 2.05) is 42.7 Å². The lowest BCUT2D eigenvalue weighted by atomic mass is 10.2. The second-order valence-electron chi connectivity index (χ2n) is 3.64. The van der Waals surface area contributed by atoms with Crippen molar-refractivity contribution in [3.8, 4) is 0 Å². The Morgan fingerprint density at radius 1 is 1.18 bits per heavy atom. The number of thioether (sulfide) groups is 1. The zero-order valence-corrected chi connectivity index (χ0v) is 10.8. The molecular weight excluding hydrogens is 252 g/mol. The molecule has 0 atom stereocenters. The number of rotatable bonds is 4. The van der Waals surface area contributed by atoms with Crippen molar-refractivity contribution in [2.24, 2.45) is 0 Å². The molecule has 2 rings (SSSR count). The monoisotopic (exact) mass is 264 g/mol. The van der Waals surface area contributed by atoms with Gasteiger partial charge in [-0.25, -0.2) is 0 Å². The normalized spacial score (nSPS) is 10.4. The average molecular weight is 265 g/mol. The van der Waals surface area contributed by atoms with Gasteiger partial charge in [-0.15, -0.1) is 11.8 Å². The van der Waals surface area contributed by atoms with E-state index in [1.54, 1.807) is 11.8 Å². The van der Waals surface area contributed by atoms with Gasteiger partial charge < -0.3 is 5.73 Å². The van der Waals surface area contributed by atoms with Crippen LogP contribution in [0.1, 0.15) is 5.56 Å². The van der Waals surface area contributed by atoms with Crippen LogP contribution in [-0.4, -0.2) is 10.7 Å². The van der Waals surface area contributed by atoms with E-state index >= 15 is 0 Å². The summed E-state index contributed by atoms with van der Waals surface area (Å²) in [6.45, 7) is 0. The maximum atomic E-state index is 6.09. The van der Waals surface area contributed by atoms with Gasteiger partial charge in [-0.1, -0.05) is 11.6 Å². The summed E-state index contributed by atoms with van der Waals surface area (Å²) in [5.74, 6) is 0.979. The van der Waals surface area contributed by atoms with E-state index in [-0.39, 0.29) is 0 Å². The molecule has 0 fully saturated rings. The Bertz CT molecular complexity index is 488. The lowest BCUT2D eigenvalue weighted by molar-refractivity contribution is 1.13. The van der Waals surface area contributed by atoms with Crippen molar-refractivity contribution < 1.29 is 0 Å². The number of halogens is 1. The maximum absolute atomic E-state index is 6.09. The van der Waals surface area contributed by atoms with Crippen LogP contribution in [-0.2, 0) is 6.42 Å². The molecule has 0 aliphatic rings. The van der Waals surface area contributed by atoms with Crippen LogP contribution in [0.3, 0.4) is 0 Å². The minimum absolute atomic E-state index is 0.751. The molecule has 2 nitrogen and oxygen atoms in total. The predicted molar refractivity (Wildman–Crippen MR) is 74.5 cm³/mol. The van der Waals surface area contributed by atoms with E-state index in [2.05, 4.69) is 4.98 Å². The van der Waals surface area contributed by atoms with Gasteiger partial charge in [-0.05, 0) is 42.3 Å². The lowest BCUT2D eigenvalue weighted by Gasteiger charge is -2.05. The highest BCUT2D eigenvalue weighted by atomic mass is 35.5. The first-order valence-corrected chi connectivity index (χ1v) is 6.69. The molecule has 4 heteroatoms. The number of pyridine rings is 1. The number of anilines is 1. The third-order valence-electron chi connectivity index (χ3n) is 2.35. The standard InChI is InChI=1S/C13H13ClN2S/c14-12-2-1-11(15)9-13(12)17-8-5-10-3-6-16-7-4-10/h1-4,6-7,9H,5,8,15H2. The molecule has 0 spiro atoms. The topological polar surface area (TPSA) is 38.9 Å². The second-order valence-corrected chi connectivity index (χ2v) is 5.19. The van der Waals surface area contributed by atoms with Crippen LogP contribution < -0.4 is 5.73 Å². The summed E-state index contributed by atoms with van der Waals surface area (Å²) in [5.41, 5.74) is 7.77. The van der Waals surface area contributed by atoms with Crippen LogP contribution in [0, 0.1) is 0 Å². The van der Waals surface area contributed by atoms with Crippen LogP contribution in [0.4, 0.5) is 5.69 Å². The van der Waals surface area contributed by atoms with Crippen molar-refractivity contribution in [3.63, 3.8) is 0 Å². The minimum Gasteiger partial charge on any atom is -0.399 e. The Morgan fingerprint density at radius 3 is 2.71 bits per heavy atom. The molecule has 0 bridgehead atoms. The van der Waals surface area contributed by atoms with Crippen LogP contribution in [0.2, 0.25) is 5.02 Å². The predicted octanol–water partition coefficient (Wildman–Crippen LogP) is 3.65. The average Bonchev–Trinajstić information content (AvgIpc) is 2.35. The van der Waals surface area contributed by atoms with Gasteiger partial charge in [-0.2, -0.15) is 0 Å². The number of nitrogens with zero attached hydrogens (tertiary/aromatic N) is 1. The number of aromatic nitrogens is 1. The molecule has 1 heterocycles. The lowest BCUT2D eigenvalue weighted by Crippen LogP contribution is -1.90. The van der Waals surface area contributed by atoms with Gasteiger partial charge in [0.05, 0.1) is 5.02 Å². The minimum atomic E-state index is 0.751. The zero-order chi connectivity index (χ0) is 12.1. The van der Waals surface area contributed by atoms with Gasteiger partial charge >= 0.3 is 0 Å². The first-order valence-electron chi connectivity index (χ1n) is 5.32. The quantitative estimate of drug-likeness (QED) is 0.677. The van der Waals surface area contributed by atoms with Crippen LogP contribution in [0.15, 0.2) is 47.6 Å². The SMILES string of the molecule is Nc1ccc(Cl)c(SCCc2ccncc2)c1. The van der Waals surface area contributed by atoms with E-state index in [0.29, 0.717) is 0 Å². The summed E-state index contributed by atoms with van der Waals surface area (Å²) in [5, 5.41) is 0.763. The van der Waals surface area contributed by atoms with Crippen molar-refractivity contribution in [2.75, 3.05) is 11.5 Å². The third kappa shape index (κ3) is 3.65. The highest BCUT2D eigenvalue weighted by Crippen LogP contribution is 2.29. The van der Waals surface area contributed by atoms with Gasteiger partial charge in [0.1, 0.15) is 0 Å². The molecule has 1 aromatic carbocycles. The molecule has 2 N–H and O–H groups in total. The zero-order valence-electron chi connectivity index (χ0n) is 9.27. The Kier molecular flexibility index (Phi) is 4.29. The van der Waals surface area contributed by atoms with Gasteiger partial charge in [0.2, 0.25) is 0 Å². The molecule has 88 valence electrons. The van der Waals surface area contributed by atoms with Crippen LogP contribution >= 0.6 is 23.4 Å². The van der Waals surface area contributed by atoms with Gasteiger partial charge in [0, 0.05) is 28.7 Å². The largest absolute Gasteiger partial charge is 0.399 e. The Labute approximate surface area is 110 Å². The molecule has 0 aliphatic carbocycles. The summed E-state index contributed by atoms with van der Waals surface area (Å²) >= 11 is 7.82. The van der Waals surface area contributed by atoms with Crippen LogP contribution in [0.25, 0.3) is 0 Å². The van der Waals surface area contributed by atoms with Gasteiger partial charge in [0.15, 0.2) is 0 Å². The van der Waals surface area contributed by atoms with E-state index < -0.39 is 0 Å². The summed E-state index contributed by atoms with van der Waals surface area (Å²) in [7, 11) is 0. The molecule has 0 saturated carbocycles. The van der Waals surface area contributed by atoms with Gasteiger partial charge in [-0.3, -0.25) is 4.98 Å². The fourth-order valence-corrected chi connectivity index (χ4v) is 2.72. The highest BCUT2D eigenvalue weighted by molar-refractivity contribution is 7.99. The molecule has 0 amide bonds. The number of nitrogens with two attached hydrogens (primary N) is 1. The highest BCUT2D eigenvalue weighted by Gasteiger charge is 2.01. The number of aryl methyl sites for hydroxylation is 1. The summed E-state index contributed by atoms with van der Waals surface area (Å²) in [6.07, 6.45) is 4.62. The molecular formula is C13H13ClN2S. The summed E-state index contributed by atoms with van der Waals surface area (Å²) in [4.78, 5) is 5.04. The maximum Gasteiger partial charge on any atom is 0.0543 e. The second kappa shape index (κ2) is 5.94. The summed E-state index contributed by atoms with van der Waals surface area (Å²) < 4.78 is 0. The van der Waals surface area contributed by atoms with E-state index in [0.717, 1.165) is 27.8 Å². The first-order chi connectivity index (χ1) is 8.25. The van der Waals surface area contributed by atoms with E-state index in [4.69, 9.17) is 17.3 Å². The van der Waals surface area contributed by atoms with Crippen molar-refractivity contribution in [3.05, 3.63) is 53.3 Å². The van der Waals surface area contributed by atoms with E-state index in [1.165, 1.54) is 5.56 Å². The molecule has 0 aliphatic heterocycles. The molecule has 2 aromatic rings. The molecule has 0 saturated heterocycles. The van der Waals surface area contributed by atoms with Crippen molar-refractivity contribution in [2.45, 2.75) is 11.3 Å². The fraction of sp³-hybridized carbons (Fsp3) is 0.154. The van der Waals surface area contributed by atoms with Crippen LogP contribution in [0.5, 0.6) is 0 Å². The van der Waals surface area contributed by atoms with Gasteiger partial charge in [0.25, 0.3) is 0 Å². The Balaban J connectivity index is 1.92. The first kappa shape index (κ1) is 12.3. The molecule has 17 heavy (non-hydrogen) atoms. The Morgan fingerprint density at radius 2 is 1.94 bits per heavy atom. The molecule has 1 aromatic heterocycles. The molecule has 0 unspecified atom stereocenters. The number of hydrogen-bond donors (Lipinski definition) is 1. The Hall–Kier alpha value is -1.19. The van der Waals surface area contributed by atoms with E-state index in [9.17, 15) is 0 Å². The third-order valence-corrected chi connectivity index (χ3v) is 3.85. The fourth-order valence-electron chi connectivity index (χ4n) is 1.46. The number of benzene rings is 1. The van der Waals surface area contributed by atoms with Crippen molar-refractivity contribution >= 4 is 29.1 Å². The molecule has 0 radical (unpaired) electrons. The van der Waals surface area contributed by atoms with Crippen molar-refractivity contribution in [1.29, 1.82) is 0 Å². The number of hydrogen-bond acceptors (Lipinski definition) is 3. The summed E-state index contributed by atoms with van der Waals surface area (Å²) in [6, 6.07) is 9.63. The van der Waals surface area contributed by atoms with Crippen molar-refractivity contribution in [1.82, 2.24) is 4.98 Å².